The maximum Gasteiger partial charge on any atom is 0.414 e. The number of methoxy groups -OCH3 is 2. The van der Waals surface area contributed by atoms with Gasteiger partial charge in [0.25, 0.3) is 0 Å². The van der Waals surface area contributed by atoms with Crippen molar-refractivity contribution >= 4 is 29.2 Å². The fourth-order valence-corrected chi connectivity index (χ4v) is 5.35. The number of piperazine rings is 1. The van der Waals surface area contributed by atoms with Gasteiger partial charge in [-0.25, -0.2) is 4.79 Å². The highest BCUT2D eigenvalue weighted by molar-refractivity contribution is 5.90. The summed E-state index contributed by atoms with van der Waals surface area (Å²) >= 11 is 0. The number of amides is 2. The number of ether oxygens (including phenoxy) is 3. The third-order valence-corrected chi connectivity index (χ3v) is 7.54. The van der Waals surface area contributed by atoms with Crippen LogP contribution >= 0.6 is 0 Å². The molecule has 0 spiro atoms. The lowest BCUT2D eigenvalue weighted by Gasteiger charge is -2.36. The Morgan fingerprint density at radius 3 is 2.34 bits per heavy atom. The lowest BCUT2D eigenvalue weighted by atomic mass is 9.88. The molecule has 204 valence electrons. The molecular formula is C27H36N6O5. The first-order valence-corrected chi connectivity index (χ1v) is 13.4. The van der Waals surface area contributed by atoms with Crippen molar-refractivity contribution in [3.63, 3.8) is 0 Å². The van der Waals surface area contributed by atoms with E-state index in [-0.39, 0.29) is 30.0 Å². The molecule has 0 bridgehead atoms. The molecule has 1 aromatic heterocycles. The van der Waals surface area contributed by atoms with Gasteiger partial charge in [-0.1, -0.05) is 19.3 Å². The van der Waals surface area contributed by atoms with E-state index in [4.69, 9.17) is 14.2 Å². The highest BCUT2D eigenvalue weighted by Gasteiger charge is 2.33. The summed E-state index contributed by atoms with van der Waals surface area (Å²) in [7, 11) is 3.11. The molecule has 3 aliphatic rings. The van der Waals surface area contributed by atoms with Gasteiger partial charge in [-0.3, -0.25) is 9.69 Å². The second-order valence-electron chi connectivity index (χ2n) is 9.94. The zero-order valence-electron chi connectivity index (χ0n) is 22.1. The van der Waals surface area contributed by atoms with Crippen LogP contribution in [0.1, 0.15) is 32.1 Å². The number of rotatable bonds is 8. The molecule has 2 saturated heterocycles. The molecule has 1 aliphatic carbocycles. The summed E-state index contributed by atoms with van der Waals surface area (Å²) < 4.78 is 16.0. The lowest BCUT2D eigenvalue weighted by molar-refractivity contribution is -0.126. The second-order valence-corrected chi connectivity index (χ2v) is 9.94. The van der Waals surface area contributed by atoms with Crippen LogP contribution in [0.25, 0.3) is 0 Å². The number of aromatic nitrogens is 2. The van der Waals surface area contributed by atoms with Gasteiger partial charge in [-0.15, -0.1) is 0 Å². The van der Waals surface area contributed by atoms with Crippen LogP contribution in [0.4, 0.5) is 22.0 Å². The van der Waals surface area contributed by atoms with E-state index in [0.717, 1.165) is 69.1 Å². The molecule has 38 heavy (non-hydrogen) atoms. The summed E-state index contributed by atoms with van der Waals surface area (Å²) in [5.74, 6) is 1.43. The Kier molecular flexibility index (Phi) is 8.00. The highest BCUT2D eigenvalue weighted by Crippen LogP contribution is 2.28. The van der Waals surface area contributed by atoms with E-state index in [0.29, 0.717) is 19.0 Å². The number of carbonyl (C=O) groups is 2. The Morgan fingerprint density at radius 1 is 0.974 bits per heavy atom. The summed E-state index contributed by atoms with van der Waals surface area (Å²) in [6.45, 7) is 4.00. The molecular weight excluding hydrogens is 488 g/mol. The molecule has 5 rings (SSSR count). The second kappa shape index (κ2) is 11.7. The first-order valence-electron chi connectivity index (χ1n) is 13.4. The fraction of sp³-hybridized carbons (Fsp3) is 0.556. The average molecular weight is 525 g/mol. The molecule has 1 N–H and O–H groups in total. The topological polar surface area (TPSA) is 109 Å². The Bertz CT molecular complexity index is 1090. The Morgan fingerprint density at radius 2 is 1.66 bits per heavy atom. The van der Waals surface area contributed by atoms with Gasteiger partial charge in [0, 0.05) is 49.5 Å². The van der Waals surface area contributed by atoms with Crippen molar-refractivity contribution in [3.05, 3.63) is 30.3 Å². The number of hydrogen-bond donors (Lipinski definition) is 1. The summed E-state index contributed by atoms with van der Waals surface area (Å²) in [5.41, 5.74) is 1.88. The third-order valence-electron chi connectivity index (χ3n) is 7.54. The summed E-state index contributed by atoms with van der Waals surface area (Å²) in [6, 6.07) is 10.1. The van der Waals surface area contributed by atoms with Crippen molar-refractivity contribution in [1.82, 2.24) is 15.3 Å². The summed E-state index contributed by atoms with van der Waals surface area (Å²) in [5, 5.41) is 2.99. The van der Waals surface area contributed by atoms with Gasteiger partial charge in [0.1, 0.15) is 11.9 Å². The minimum atomic E-state index is -0.376. The average Bonchev–Trinajstić information content (AvgIpc) is 3.36. The molecule has 1 unspecified atom stereocenters. The molecule has 1 atom stereocenters. The monoisotopic (exact) mass is 524 g/mol. The number of cyclic esters (lactones) is 1. The van der Waals surface area contributed by atoms with Gasteiger partial charge in [-0.2, -0.15) is 9.97 Å². The van der Waals surface area contributed by atoms with Gasteiger partial charge < -0.3 is 29.3 Å². The molecule has 1 aromatic carbocycles. The van der Waals surface area contributed by atoms with E-state index in [1.807, 2.05) is 30.3 Å². The van der Waals surface area contributed by atoms with Crippen LogP contribution in [-0.2, 0) is 9.53 Å². The standard InChI is InChI=1S/C27H36N6O5/c1-36-24-16-23(29-26(30-24)37-2)32-14-12-31(13-15-32)20-8-10-21(11-9-20)33-18-22(38-27(33)35)17-28-25(34)19-6-4-3-5-7-19/h8-11,16,19,22H,3-7,12-15,17-18H2,1-2H3,(H,28,34). The van der Waals surface area contributed by atoms with Crippen LogP contribution in [-0.4, -0.2) is 81.6 Å². The van der Waals surface area contributed by atoms with Crippen molar-refractivity contribution in [3.8, 4) is 11.9 Å². The fourth-order valence-electron chi connectivity index (χ4n) is 5.35. The van der Waals surface area contributed by atoms with Crippen LogP contribution < -0.4 is 29.5 Å². The molecule has 11 heteroatoms. The van der Waals surface area contributed by atoms with Gasteiger partial charge in [-0.05, 0) is 37.1 Å². The molecule has 2 aliphatic heterocycles. The van der Waals surface area contributed by atoms with Crippen molar-refractivity contribution in [1.29, 1.82) is 0 Å². The largest absolute Gasteiger partial charge is 0.481 e. The van der Waals surface area contributed by atoms with Gasteiger partial charge >= 0.3 is 12.1 Å². The maximum absolute atomic E-state index is 12.5. The van der Waals surface area contributed by atoms with Crippen molar-refractivity contribution < 1.29 is 23.8 Å². The van der Waals surface area contributed by atoms with Gasteiger partial charge in [0.15, 0.2) is 0 Å². The predicted molar refractivity (Wildman–Crippen MR) is 143 cm³/mol. The molecule has 1 saturated carbocycles. The molecule has 0 radical (unpaired) electrons. The van der Waals surface area contributed by atoms with E-state index < -0.39 is 0 Å². The van der Waals surface area contributed by atoms with Crippen LogP contribution in [0, 0.1) is 5.92 Å². The van der Waals surface area contributed by atoms with E-state index in [1.165, 1.54) is 13.5 Å². The molecule has 2 aromatic rings. The molecule has 2 amide bonds. The quantitative estimate of drug-likeness (QED) is 0.557. The number of anilines is 3. The van der Waals surface area contributed by atoms with Crippen molar-refractivity contribution in [2.24, 2.45) is 5.92 Å². The number of hydrogen-bond acceptors (Lipinski definition) is 9. The Hall–Kier alpha value is -3.76. The number of nitrogens with zero attached hydrogens (tertiary/aromatic N) is 5. The van der Waals surface area contributed by atoms with E-state index >= 15 is 0 Å². The maximum atomic E-state index is 12.5. The van der Waals surface area contributed by atoms with Crippen LogP contribution in [0.15, 0.2) is 30.3 Å². The van der Waals surface area contributed by atoms with E-state index in [1.54, 1.807) is 12.0 Å². The van der Waals surface area contributed by atoms with Crippen molar-refractivity contribution in [2.75, 3.05) is 68.2 Å². The third kappa shape index (κ3) is 5.87. The van der Waals surface area contributed by atoms with Crippen LogP contribution in [0.2, 0.25) is 0 Å². The molecule has 3 heterocycles. The van der Waals surface area contributed by atoms with Crippen molar-refractivity contribution in [2.45, 2.75) is 38.2 Å². The van der Waals surface area contributed by atoms with E-state index in [2.05, 4.69) is 25.1 Å². The molecule has 11 nitrogen and oxygen atoms in total. The zero-order chi connectivity index (χ0) is 26.5. The first-order chi connectivity index (χ1) is 18.5. The van der Waals surface area contributed by atoms with Crippen LogP contribution in [0.3, 0.4) is 0 Å². The van der Waals surface area contributed by atoms with Gasteiger partial charge in [0.05, 0.1) is 27.3 Å². The summed E-state index contributed by atoms with van der Waals surface area (Å²) in [4.78, 5) is 39.7. The predicted octanol–water partition coefficient (Wildman–Crippen LogP) is 2.84. The Balaban J connectivity index is 1.13. The van der Waals surface area contributed by atoms with Crippen LogP contribution in [0.5, 0.6) is 11.9 Å². The van der Waals surface area contributed by atoms with Gasteiger partial charge in [0.2, 0.25) is 11.8 Å². The smallest absolute Gasteiger partial charge is 0.414 e. The number of nitrogens with one attached hydrogen (secondary N) is 1. The minimum absolute atomic E-state index is 0.0848. The Labute approximate surface area is 223 Å². The minimum Gasteiger partial charge on any atom is -0.481 e. The normalized spacial score (nSPS) is 20.3. The van der Waals surface area contributed by atoms with E-state index in [9.17, 15) is 9.59 Å². The number of benzene rings is 1. The zero-order valence-corrected chi connectivity index (χ0v) is 22.1. The highest BCUT2D eigenvalue weighted by atomic mass is 16.6. The SMILES string of the molecule is COc1cc(N2CCN(c3ccc(N4CC(CNC(=O)C5CCCCC5)OC4=O)cc3)CC2)nc(OC)n1. The lowest BCUT2D eigenvalue weighted by Crippen LogP contribution is -2.46. The molecule has 3 fully saturated rings. The number of carbonyl (C=O) groups excluding carboxylic acids is 2. The summed E-state index contributed by atoms with van der Waals surface area (Å²) in [6.07, 6.45) is 4.62. The first kappa shape index (κ1) is 25.9.